The number of hydrogen-bond acceptors (Lipinski definition) is 4. The number of rotatable bonds is 12. The Bertz CT molecular complexity index is 646. The standard InChI is InChI=1S/C24H33NO3.ClH/c1-3-5-17-25(18-6-4-2)19-20-28-23(26)24(27,21-13-9-7-10-14-21)22-15-11-8-12-16-22;/h7-16,27H,3-6,17-20H2,1-2H3;1H. The molecule has 0 fully saturated rings. The second kappa shape index (κ2) is 13.4. The Morgan fingerprint density at radius 1 is 0.862 bits per heavy atom. The number of aliphatic hydroxyl groups is 1. The summed E-state index contributed by atoms with van der Waals surface area (Å²) in [6.07, 6.45) is 4.56. The Hall–Kier alpha value is -1.88. The normalized spacial score (nSPS) is 11.2. The van der Waals surface area contributed by atoms with Gasteiger partial charge < -0.3 is 9.84 Å². The summed E-state index contributed by atoms with van der Waals surface area (Å²) in [5, 5.41) is 11.4. The second-order valence-corrected chi connectivity index (χ2v) is 7.13. The van der Waals surface area contributed by atoms with Gasteiger partial charge in [-0.2, -0.15) is 0 Å². The molecule has 0 saturated carbocycles. The van der Waals surface area contributed by atoms with Crippen LogP contribution < -0.4 is 0 Å². The van der Waals surface area contributed by atoms with Crippen LogP contribution in [0.5, 0.6) is 0 Å². The average Bonchev–Trinajstić information content (AvgIpc) is 2.75. The zero-order valence-corrected chi connectivity index (χ0v) is 18.4. The van der Waals surface area contributed by atoms with Crippen molar-refractivity contribution >= 4 is 18.4 Å². The molecule has 0 heterocycles. The van der Waals surface area contributed by atoms with Gasteiger partial charge in [-0.05, 0) is 37.1 Å². The number of carbonyl (C=O) groups excluding carboxylic acids is 1. The molecule has 2 aromatic carbocycles. The van der Waals surface area contributed by atoms with Gasteiger partial charge in [0, 0.05) is 6.54 Å². The monoisotopic (exact) mass is 419 g/mol. The molecular formula is C24H34ClNO3. The van der Waals surface area contributed by atoms with E-state index >= 15 is 0 Å². The van der Waals surface area contributed by atoms with Crippen molar-refractivity contribution in [2.24, 2.45) is 0 Å². The van der Waals surface area contributed by atoms with E-state index in [1.54, 1.807) is 24.3 Å². The summed E-state index contributed by atoms with van der Waals surface area (Å²) in [6.45, 7) is 7.33. The van der Waals surface area contributed by atoms with E-state index in [-0.39, 0.29) is 19.0 Å². The Kier molecular flexibility index (Phi) is 11.6. The minimum Gasteiger partial charge on any atom is -0.462 e. The number of hydrogen-bond donors (Lipinski definition) is 1. The summed E-state index contributed by atoms with van der Waals surface area (Å²) >= 11 is 0. The van der Waals surface area contributed by atoms with E-state index in [0.717, 1.165) is 38.8 Å². The molecule has 0 atom stereocenters. The Morgan fingerprint density at radius 3 is 1.72 bits per heavy atom. The van der Waals surface area contributed by atoms with Gasteiger partial charge in [-0.1, -0.05) is 87.4 Å². The molecule has 0 aliphatic rings. The molecule has 1 N–H and O–H groups in total. The first-order valence-electron chi connectivity index (χ1n) is 10.4. The molecule has 29 heavy (non-hydrogen) atoms. The zero-order valence-electron chi connectivity index (χ0n) is 17.5. The van der Waals surface area contributed by atoms with E-state index in [2.05, 4.69) is 18.7 Å². The highest BCUT2D eigenvalue weighted by molar-refractivity contribution is 5.85. The maximum atomic E-state index is 13.0. The third-order valence-electron chi connectivity index (χ3n) is 4.97. The average molecular weight is 420 g/mol. The van der Waals surface area contributed by atoms with E-state index < -0.39 is 11.6 Å². The third-order valence-corrected chi connectivity index (χ3v) is 4.97. The van der Waals surface area contributed by atoms with Crippen molar-refractivity contribution in [3.05, 3.63) is 71.8 Å². The van der Waals surface area contributed by atoms with Crippen molar-refractivity contribution in [3.8, 4) is 0 Å². The molecule has 0 bridgehead atoms. The molecule has 0 spiro atoms. The molecule has 5 heteroatoms. The van der Waals surface area contributed by atoms with Gasteiger partial charge in [0.25, 0.3) is 0 Å². The first kappa shape index (κ1) is 25.2. The molecule has 0 radical (unpaired) electrons. The summed E-state index contributed by atoms with van der Waals surface area (Å²) < 4.78 is 5.58. The van der Waals surface area contributed by atoms with E-state index in [1.807, 2.05) is 36.4 Å². The number of halogens is 1. The quantitative estimate of drug-likeness (QED) is 0.502. The Balaban J connectivity index is 0.00000420. The van der Waals surface area contributed by atoms with Crippen molar-refractivity contribution in [2.45, 2.75) is 45.1 Å². The Labute approximate surface area is 181 Å². The van der Waals surface area contributed by atoms with Crippen LogP contribution in [0, 0.1) is 0 Å². The van der Waals surface area contributed by atoms with Gasteiger partial charge in [0.1, 0.15) is 6.61 Å². The van der Waals surface area contributed by atoms with E-state index in [1.165, 1.54) is 0 Å². The zero-order chi connectivity index (χ0) is 20.2. The topological polar surface area (TPSA) is 49.8 Å². The number of benzene rings is 2. The van der Waals surface area contributed by atoms with E-state index in [0.29, 0.717) is 17.7 Å². The molecule has 0 amide bonds. The number of unbranched alkanes of at least 4 members (excludes halogenated alkanes) is 2. The van der Waals surface area contributed by atoms with Crippen LogP contribution in [0.3, 0.4) is 0 Å². The van der Waals surface area contributed by atoms with Crippen molar-refractivity contribution in [1.29, 1.82) is 0 Å². The van der Waals surface area contributed by atoms with Crippen LogP contribution in [0.15, 0.2) is 60.7 Å². The molecule has 160 valence electrons. The molecule has 2 aromatic rings. The lowest BCUT2D eigenvalue weighted by atomic mass is 9.86. The smallest absolute Gasteiger partial charge is 0.347 e. The number of esters is 1. The van der Waals surface area contributed by atoms with E-state index in [4.69, 9.17) is 4.74 Å². The van der Waals surface area contributed by atoms with Crippen LogP contribution in [0.1, 0.15) is 50.7 Å². The van der Waals surface area contributed by atoms with Gasteiger partial charge in [-0.25, -0.2) is 4.79 Å². The van der Waals surface area contributed by atoms with Gasteiger partial charge in [-0.15, -0.1) is 12.4 Å². The molecule has 0 aliphatic carbocycles. The maximum Gasteiger partial charge on any atom is 0.347 e. The van der Waals surface area contributed by atoms with Gasteiger partial charge in [0.05, 0.1) is 0 Å². The maximum absolute atomic E-state index is 13.0. The highest BCUT2D eigenvalue weighted by Gasteiger charge is 2.41. The van der Waals surface area contributed by atoms with Crippen LogP contribution in [-0.2, 0) is 15.1 Å². The fraction of sp³-hybridized carbons (Fsp3) is 0.458. The van der Waals surface area contributed by atoms with Crippen molar-refractivity contribution in [1.82, 2.24) is 4.90 Å². The summed E-state index contributed by atoms with van der Waals surface area (Å²) in [5.74, 6) is -0.629. The summed E-state index contributed by atoms with van der Waals surface area (Å²) in [6, 6.07) is 18.0. The first-order chi connectivity index (χ1) is 13.6. The fourth-order valence-corrected chi connectivity index (χ4v) is 3.23. The van der Waals surface area contributed by atoms with Gasteiger partial charge in [0.2, 0.25) is 5.60 Å². The van der Waals surface area contributed by atoms with Crippen LogP contribution in [0.4, 0.5) is 0 Å². The SMILES string of the molecule is CCCCN(CCCC)CCOC(=O)C(O)(c1ccccc1)c1ccccc1.Cl. The van der Waals surface area contributed by atoms with Gasteiger partial charge in [0.15, 0.2) is 0 Å². The summed E-state index contributed by atoms with van der Waals surface area (Å²) in [5.41, 5.74) is -0.778. The lowest BCUT2D eigenvalue weighted by Crippen LogP contribution is -2.40. The molecule has 0 aliphatic heterocycles. The van der Waals surface area contributed by atoms with Crippen molar-refractivity contribution < 1.29 is 14.6 Å². The third kappa shape index (κ3) is 7.14. The van der Waals surface area contributed by atoms with Crippen LogP contribution in [-0.4, -0.2) is 42.2 Å². The van der Waals surface area contributed by atoms with Crippen LogP contribution >= 0.6 is 12.4 Å². The molecular weight excluding hydrogens is 386 g/mol. The van der Waals surface area contributed by atoms with Crippen molar-refractivity contribution in [3.63, 3.8) is 0 Å². The number of ether oxygens (including phenoxy) is 1. The molecule has 0 aromatic heterocycles. The molecule has 0 unspecified atom stereocenters. The van der Waals surface area contributed by atoms with Gasteiger partial charge >= 0.3 is 5.97 Å². The fourth-order valence-electron chi connectivity index (χ4n) is 3.23. The highest BCUT2D eigenvalue weighted by atomic mass is 35.5. The predicted octanol–water partition coefficient (Wildman–Crippen LogP) is 4.79. The predicted molar refractivity (Wildman–Crippen MR) is 120 cm³/mol. The summed E-state index contributed by atoms with van der Waals surface area (Å²) in [4.78, 5) is 15.3. The molecule has 0 saturated heterocycles. The minimum atomic E-state index is -1.81. The van der Waals surface area contributed by atoms with E-state index in [9.17, 15) is 9.90 Å². The second-order valence-electron chi connectivity index (χ2n) is 7.13. The number of nitrogens with zero attached hydrogens (tertiary/aromatic N) is 1. The largest absolute Gasteiger partial charge is 0.462 e. The molecule has 2 rings (SSSR count). The van der Waals surface area contributed by atoms with Crippen LogP contribution in [0.2, 0.25) is 0 Å². The first-order valence-corrected chi connectivity index (χ1v) is 10.4. The van der Waals surface area contributed by atoms with Crippen LogP contribution in [0.25, 0.3) is 0 Å². The minimum absolute atomic E-state index is 0. The lowest BCUT2D eigenvalue weighted by Gasteiger charge is -2.28. The lowest BCUT2D eigenvalue weighted by molar-refractivity contribution is -0.162. The Morgan fingerprint density at radius 2 is 1.31 bits per heavy atom. The molecule has 4 nitrogen and oxygen atoms in total. The summed E-state index contributed by atoms with van der Waals surface area (Å²) in [7, 11) is 0. The van der Waals surface area contributed by atoms with Crippen molar-refractivity contribution in [2.75, 3.05) is 26.2 Å². The number of carbonyl (C=O) groups is 1. The highest BCUT2D eigenvalue weighted by Crippen LogP contribution is 2.31. The van der Waals surface area contributed by atoms with Gasteiger partial charge in [-0.3, -0.25) is 4.90 Å².